The van der Waals surface area contributed by atoms with Crippen LogP contribution in [0.2, 0.25) is 0 Å². The summed E-state index contributed by atoms with van der Waals surface area (Å²) in [5.74, 6) is 1.36. The SMILES string of the molecule is COc1cc(C(=O)N2C[C@H](N)CCN2C)cc2nc(-c3cc4ccc([C@@H](C)NC(=O)C5(c6ccc(F)cc6)CC5)nc4n3CC3CC3)n(C)c12. The van der Waals surface area contributed by atoms with Crippen molar-refractivity contribution in [1.82, 2.24) is 34.4 Å². The van der Waals surface area contributed by atoms with Crippen LogP contribution in [0.4, 0.5) is 4.39 Å². The Balaban J connectivity index is 1.14. The normalized spacial score (nSPS) is 19.6. The van der Waals surface area contributed by atoms with Crippen LogP contribution in [0.25, 0.3) is 33.6 Å². The van der Waals surface area contributed by atoms with Gasteiger partial charge in [-0.15, -0.1) is 0 Å². The molecule has 1 saturated heterocycles. The van der Waals surface area contributed by atoms with E-state index in [-0.39, 0.29) is 29.7 Å². The summed E-state index contributed by atoms with van der Waals surface area (Å²) in [7, 11) is 5.48. The fourth-order valence-electron chi connectivity index (χ4n) is 7.39. The van der Waals surface area contributed by atoms with Gasteiger partial charge in [0.1, 0.15) is 22.7 Å². The number of hydrazine groups is 1. The minimum atomic E-state index is -0.617. The van der Waals surface area contributed by atoms with Crippen molar-refractivity contribution in [3.63, 3.8) is 0 Å². The number of nitrogens with one attached hydrogen (secondary N) is 1. The van der Waals surface area contributed by atoms with E-state index in [1.165, 1.54) is 12.1 Å². The van der Waals surface area contributed by atoms with Crippen LogP contribution in [0.15, 0.2) is 54.6 Å². The lowest BCUT2D eigenvalue weighted by molar-refractivity contribution is -0.124. The molecule has 2 amide bonds. The summed E-state index contributed by atoms with van der Waals surface area (Å²) >= 11 is 0. The van der Waals surface area contributed by atoms with Gasteiger partial charge in [-0.2, -0.15) is 0 Å². The molecule has 8 rings (SSSR count). The van der Waals surface area contributed by atoms with E-state index in [1.807, 2.05) is 42.7 Å². The van der Waals surface area contributed by atoms with Crippen molar-refractivity contribution in [1.29, 1.82) is 0 Å². The molecule has 12 heteroatoms. The number of benzene rings is 2. The number of hydrogen-bond donors (Lipinski definition) is 2. The first-order valence-corrected chi connectivity index (χ1v) is 17.5. The minimum Gasteiger partial charge on any atom is -0.494 e. The van der Waals surface area contributed by atoms with Crippen LogP contribution >= 0.6 is 0 Å². The zero-order chi connectivity index (χ0) is 34.9. The summed E-state index contributed by atoms with van der Waals surface area (Å²) in [5.41, 5.74) is 10.9. The highest BCUT2D eigenvalue weighted by atomic mass is 19.1. The summed E-state index contributed by atoms with van der Waals surface area (Å²) < 4.78 is 23.7. The molecule has 3 fully saturated rings. The van der Waals surface area contributed by atoms with Crippen molar-refractivity contribution >= 4 is 33.9 Å². The number of fused-ring (bicyclic) bond motifs is 2. The zero-order valence-corrected chi connectivity index (χ0v) is 28.9. The van der Waals surface area contributed by atoms with Crippen LogP contribution in [0.3, 0.4) is 0 Å². The van der Waals surface area contributed by atoms with Crippen LogP contribution in [0.1, 0.15) is 66.7 Å². The number of carbonyl (C=O) groups is 2. The molecule has 11 nitrogen and oxygen atoms in total. The van der Waals surface area contributed by atoms with E-state index >= 15 is 0 Å². The Kier molecular flexibility index (Phi) is 7.91. The smallest absolute Gasteiger partial charge is 0.268 e. The van der Waals surface area contributed by atoms with E-state index in [2.05, 4.69) is 22.0 Å². The number of halogens is 1. The van der Waals surface area contributed by atoms with Gasteiger partial charge in [-0.3, -0.25) is 14.6 Å². The predicted octanol–water partition coefficient (Wildman–Crippen LogP) is 5.08. The number of aryl methyl sites for hydroxylation is 1. The lowest BCUT2D eigenvalue weighted by Gasteiger charge is -2.38. The molecule has 0 unspecified atom stereocenters. The summed E-state index contributed by atoms with van der Waals surface area (Å²) in [4.78, 5) is 37.5. The molecule has 2 aliphatic carbocycles. The van der Waals surface area contributed by atoms with Crippen LogP contribution in [-0.4, -0.2) is 74.2 Å². The Morgan fingerprint density at radius 2 is 1.82 bits per heavy atom. The van der Waals surface area contributed by atoms with Crippen molar-refractivity contribution in [2.75, 3.05) is 27.2 Å². The van der Waals surface area contributed by atoms with E-state index in [1.54, 1.807) is 30.3 Å². The molecule has 3 N–H and O–H groups in total. The van der Waals surface area contributed by atoms with Gasteiger partial charge in [-0.05, 0) is 93.0 Å². The molecule has 2 aromatic carbocycles. The molecule has 2 atom stereocenters. The molecule has 4 heterocycles. The zero-order valence-electron chi connectivity index (χ0n) is 28.9. The van der Waals surface area contributed by atoms with E-state index in [0.29, 0.717) is 35.8 Å². The number of hydrogen-bond acceptors (Lipinski definition) is 7. The number of ether oxygens (including phenoxy) is 1. The molecule has 3 aromatic heterocycles. The summed E-state index contributed by atoms with van der Waals surface area (Å²) in [5, 5.41) is 7.80. The number of nitrogens with zero attached hydrogens (tertiary/aromatic N) is 6. The molecular formula is C38H43FN8O3. The molecule has 0 radical (unpaired) electrons. The maximum absolute atomic E-state index is 13.7. The monoisotopic (exact) mass is 678 g/mol. The van der Waals surface area contributed by atoms with Crippen molar-refractivity contribution in [2.45, 2.75) is 63.1 Å². The third kappa shape index (κ3) is 5.60. The number of methoxy groups -OCH3 is 1. The van der Waals surface area contributed by atoms with Crippen LogP contribution in [-0.2, 0) is 23.8 Å². The first-order valence-electron chi connectivity index (χ1n) is 17.5. The molecule has 260 valence electrons. The Labute approximate surface area is 290 Å². The molecule has 0 spiro atoms. The van der Waals surface area contributed by atoms with Crippen LogP contribution < -0.4 is 15.8 Å². The predicted molar refractivity (Wildman–Crippen MR) is 189 cm³/mol. The van der Waals surface area contributed by atoms with E-state index in [0.717, 1.165) is 78.0 Å². The number of imidazole rings is 1. The number of carbonyl (C=O) groups excluding carboxylic acids is 2. The topological polar surface area (TPSA) is 124 Å². The van der Waals surface area contributed by atoms with Gasteiger partial charge in [0.15, 0.2) is 5.82 Å². The maximum Gasteiger partial charge on any atom is 0.268 e. The van der Waals surface area contributed by atoms with E-state index < -0.39 is 5.41 Å². The third-order valence-corrected chi connectivity index (χ3v) is 10.8. The van der Waals surface area contributed by atoms with Crippen LogP contribution in [0, 0.1) is 11.7 Å². The summed E-state index contributed by atoms with van der Waals surface area (Å²) in [6, 6.07) is 15.6. The molecule has 2 saturated carbocycles. The molecule has 1 aliphatic heterocycles. The first kappa shape index (κ1) is 32.4. The minimum absolute atomic E-state index is 0.0613. The molecule has 0 bridgehead atoms. The fourth-order valence-corrected chi connectivity index (χ4v) is 7.39. The Morgan fingerprint density at radius 3 is 2.52 bits per heavy atom. The largest absolute Gasteiger partial charge is 0.494 e. The first-order chi connectivity index (χ1) is 24.1. The van der Waals surface area contributed by atoms with Crippen LogP contribution in [0.5, 0.6) is 5.75 Å². The van der Waals surface area contributed by atoms with Crippen molar-refractivity contribution in [2.24, 2.45) is 18.7 Å². The average molecular weight is 679 g/mol. The second-order valence-electron chi connectivity index (χ2n) is 14.4. The Hall–Kier alpha value is -4.81. The third-order valence-electron chi connectivity index (χ3n) is 10.8. The maximum atomic E-state index is 13.7. The summed E-state index contributed by atoms with van der Waals surface area (Å²) in [6.07, 6.45) is 4.63. The van der Waals surface area contributed by atoms with Gasteiger partial charge in [-0.25, -0.2) is 19.4 Å². The van der Waals surface area contributed by atoms with E-state index in [4.69, 9.17) is 20.4 Å². The van der Waals surface area contributed by atoms with E-state index in [9.17, 15) is 14.0 Å². The van der Waals surface area contributed by atoms with Gasteiger partial charge in [0.25, 0.3) is 5.91 Å². The molecule has 3 aliphatic rings. The molecule has 50 heavy (non-hydrogen) atoms. The highest BCUT2D eigenvalue weighted by Gasteiger charge is 2.51. The number of aromatic nitrogens is 4. The lowest BCUT2D eigenvalue weighted by atomic mass is 9.94. The van der Waals surface area contributed by atoms with Crippen molar-refractivity contribution in [3.05, 3.63) is 77.2 Å². The number of nitrogens with two attached hydrogens (primary N) is 1. The van der Waals surface area contributed by atoms with Gasteiger partial charge >= 0.3 is 0 Å². The fraction of sp³-hybridized carbons (Fsp3) is 0.421. The van der Waals surface area contributed by atoms with Gasteiger partial charge in [0, 0.05) is 44.2 Å². The number of pyridine rings is 1. The van der Waals surface area contributed by atoms with Gasteiger partial charge in [-0.1, -0.05) is 12.1 Å². The highest BCUT2D eigenvalue weighted by molar-refractivity contribution is 6.00. The second-order valence-corrected chi connectivity index (χ2v) is 14.4. The van der Waals surface area contributed by atoms with Gasteiger partial charge in [0.2, 0.25) is 5.91 Å². The highest BCUT2D eigenvalue weighted by Crippen LogP contribution is 2.49. The molecular weight excluding hydrogens is 635 g/mol. The lowest BCUT2D eigenvalue weighted by Crippen LogP contribution is -2.55. The van der Waals surface area contributed by atoms with Crippen molar-refractivity contribution < 1.29 is 18.7 Å². The Bertz CT molecular complexity index is 2130. The quantitative estimate of drug-likeness (QED) is 0.223. The number of rotatable bonds is 9. The summed E-state index contributed by atoms with van der Waals surface area (Å²) in [6.45, 7) is 3.92. The van der Waals surface area contributed by atoms with Crippen molar-refractivity contribution in [3.8, 4) is 17.3 Å². The average Bonchev–Trinajstić information content (AvgIpc) is 4.04. The second kappa shape index (κ2) is 12.2. The van der Waals surface area contributed by atoms with Gasteiger partial charge < -0.3 is 24.9 Å². The number of amides is 2. The standard InChI is InChI=1S/C38H43FN8O3/c1-22(41-37(49)38(14-15-38)26-8-10-27(39)11-9-26)29-12-7-24-18-31(46(34(24)42-29)20-23-5-6-23)35-43-30-17-25(19-32(50-4)33(30)45(35)3)36(48)47-21-28(40)13-16-44(47)2/h7-12,17-19,22-23,28H,5-6,13-16,20-21,40H2,1-4H3,(H,41,49)/t22-,28-/m1/s1. The molecule has 5 aromatic rings. The van der Waals surface area contributed by atoms with Gasteiger partial charge in [0.05, 0.1) is 42.0 Å². The Morgan fingerprint density at radius 1 is 1.06 bits per heavy atom.